The van der Waals surface area contributed by atoms with Crippen molar-refractivity contribution in [3.63, 3.8) is 0 Å². The number of hydrogen-bond donors (Lipinski definition) is 2. The lowest BCUT2D eigenvalue weighted by Crippen LogP contribution is -2.31. The van der Waals surface area contributed by atoms with Gasteiger partial charge >= 0.3 is 0 Å². The molecule has 1 aromatic carbocycles. The molecule has 1 aromatic heterocycles. The number of aromatic nitrogens is 1. The van der Waals surface area contributed by atoms with E-state index in [-0.39, 0.29) is 46.2 Å². The number of alkyl halides is 2. The molecule has 2 rings (SSSR count). The monoisotopic (exact) mass is 519 g/mol. The molecule has 1 amide bonds. The zero-order chi connectivity index (χ0) is 24.8. The average Bonchev–Trinajstić information content (AvgIpc) is 2.73. The molecule has 0 radical (unpaired) electrons. The maximum Gasteiger partial charge on any atom is 0.285 e. The van der Waals surface area contributed by atoms with Gasteiger partial charge in [0.1, 0.15) is 10.0 Å². The summed E-state index contributed by atoms with van der Waals surface area (Å²) in [7, 11) is 1.28. The molecule has 0 aliphatic heterocycles. The summed E-state index contributed by atoms with van der Waals surface area (Å²) >= 11 is 14.8. The number of para-hydroxylation sites is 2. The summed E-state index contributed by atoms with van der Waals surface area (Å²) < 4.78 is 52.8. The molecule has 33 heavy (non-hydrogen) atoms. The number of allylic oxidation sites excluding steroid dienone is 1. The highest BCUT2D eigenvalue weighted by atomic mass is 35.5. The number of amides is 1. The predicted molar refractivity (Wildman–Crippen MR) is 124 cm³/mol. The van der Waals surface area contributed by atoms with Crippen LogP contribution in [0.3, 0.4) is 0 Å². The fourth-order valence-electron chi connectivity index (χ4n) is 2.33. The summed E-state index contributed by atoms with van der Waals surface area (Å²) in [6.07, 6.45) is 0.872. The van der Waals surface area contributed by atoms with Gasteiger partial charge in [-0.15, -0.1) is 12.6 Å². The Kier molecular flexibility index (Phi) is 9.08. The summed E-state index contributed by atoms with van der Waals surface area (Å²) in [6.45, 7) is 0.230. The molecular formula is C20H17ClF3N3O4S2. The molecule has 0 saturated heterocycles. The van der Waals surface area contributed by atoms with Gasteiger partial charge in [-0.25, -0.2) is 13.2 Å². The van der Waals surface area contributed by atoms with Crippen LogP contribution in [0.25, 0.3) is 0 Å². The Labute approximate surface area is 202 Å². The van der Waals surface area contributed by atoms with Crippen LogP contribution in [0.1, 0.15) is 6.92 Å². The minimum atomic E-state index is -3.41. The first-order chi connectivity index (χ1) is 15.4. The highest BCUT2D eigenvalue weighted by molar-refractivity contribution is 7.96. The van der Waals surface area contributed by atoms with Crippen molar-refractivity contribution in [2.75, 3.05) is 18.6 Å². The van der Waals surface area contributed by atoms with Gasteiger partial charge in [0.15, 0.2) is 29.7 Å². The summed E-state index contributed by atoms with van der Waals surface area (Å²) in [5.74, 6) is -4.66. The predicted octanol–water partition coefficient (Wildman–Crippen LogP) is 4.55. The third-order valence-corrected chi connectivity index (χ3v) is 4.68. The molecule has 1 heterocycles. The van der Waals surface area contributed by atoms with Crippen LogP contribution in [-0.2, 0) is 9.59 Å². The van der Waals surface area contributed by atoms with Crippen molar-refractivity contribution in [1.82, 2.24) is 10.3 Å². The molecule has 13 heteroatoms. The van der Waals surface area contributed by atoms with Crippen LogP contribution in [-0.4, -0.2) is 41.1 Å². The van der Waals surface area contributed by atoms with E-state index < -0.39 is 22.6 Å². The number of nitrogens with zero attached hydrogens (tertiary/aromatic N) is 2. The van der Waals surface area contributed by atoms with E-state index in [1.807, 2.05) is 5.32 Å². The highest BCUT2D eigenvalue weighted by Gasteiger charge is 2.29. The minimum absolute atomic E-state index is 0.0692. The molecule has 0 aliphatic carbocycles. The van der Waals surface area contributed by atoms with Gasteiger partial charge in [0, 0.05) is 20.0 Å². The number of thiocarbonyl (C=S) groups is 1. The normalized spacial score (nSPS) is 11.5. The minimum Gasteiger partial charge on any atom is -0.481 e. The fourth-order valence-corrected chi connectivity index (χ4v) is 2.77. The van der Waals surface area contributed by atoms with E-state index in [1.165, 1.54) is 19.2 Å². The van der Waals surface area contributed by atoms with Gasteiger partial charge in [0.05, 0.1) is 5.70 Å². The molecule has 0 unspecified atom stereocenters. The van der Waals surface area contributed by atoms with Crippen LogP contribution < -0.4 is 19.7 Å². The van der Waals surface area contributed by atoms with Gasteiger partial charge in [-0.2, -0.15) is 4.98 Å². The van der Waals surface area contributed by atoms with E-state index in [0.29, 0.717) is 6.92 Å². The van der Waals surface area contributed by atoms with Crippen molar-refractivity contribution in [3.05, 3.63) is 52.9 Å². The number of halogens is 4. The Balaban J connectivity index is 2.38. The van der Waals surface area contributed by atoms with Crippen LogP contribution in [0.4, 0.5) is 19.0 Å². The lowest BCUT2D eigenvalue weighted by atomic mass is 10.2. The van der Waals surface area contributed by atoms with E-state index in [1.54, 1.807) is 12.1 Å². The standard InChI is InChI=1S/C20H17ClF3N3O4S2/c1-20(23,24)15(25-10-28)8-16(32)27(2)18-12(22)7-11(21)19(26-18)31-14-6-4-3-5-13(14)30-9-17(29)33/h3-8,10H,9H2,1-2H3,(H,25,28)(H,29,33)/b15-8-. The van der Waals surface area contributed by atoms with Crippen molar-refractivity contribution in [2.24, 2.45) is 0 Å². The van der Waals surface area contributed by atoms with E-state index in [0.717, 1.165) is 17.0 Å². The number of pyridine rings is 1. The van der Waals surface area contributed by atoms with Crippen LogP contribution in [0.15, 0.2) is 42.1 Å². The summed E-state index contributed by atoms with van der Waals surface area (Å²) in [5, 5.41) is 1.15. The van der Waals surface area contributed by atoms with Crippen molar-refractivity contribution in [3.8, 4) is 17.4 Å². The first-order valence-corrected chi connectivity index (χ1v) is 10.2. The average molecular weight is 520 g/mol. The van der Waals surface area contributed by atoms with Gasteiger partial charge in [-0.05, 0) is 18.2 Å². The second-order valence-corrected chi connectivity index (χ2v) is 7.74. The first kappa shape index (κ1) is 26.4. The molecule has 7 nitrogen and oxygen atoms in total. The molecule has 176 valence electrons. The number of anilines is 1. The number of nitrogens with one attached hydrogen (secondary N) is 1. The Hall–Kier alpha value is -2.83. The molecule has 0 saturated carbocycles. The van der Waals surface area contributed by atoms with Crippen LogP contribution in [0.5, 0.6) is 17.4 Å². The van der Waals surface area contributed by atoms with Crippen molar-refractivity contribution in [2.45, 2.75) is 12.8 Å². The van der Waals surface area contributed by atoms with Crippen molar-refractivity contribution in [1.29, 1.82) is 0 Å². The second-order valence-electron chi connectivity index (χ2n) is 6.42. The first-order valence-electron chi connectivity index (χ1n) is 8.99. The fraction of sp³-hybridized carbons (Fsp3) is 0.200. The lowest BCUT2D eigenvalue weighted by molar-refractivity contribution is -0.112. The van der Waals surface area contributed by atoms with Gasteiger partial charge in [0.25, 0.3) is 5.92 Å². The number of thiol groups is 1. The number of likely N-dealkylation sites (N-methyl/N-ethyl adjacent to an activating group) is 1. The molecule has 0 fully saturated rings. The van der Waals surface area contributed by atoms with E-state index in [9.17, 15) is 22.8 Å². The second kappa shape index (κ2) is 11.3. The van der Waals surface area contributed by atoms with Crippen molar-refractivity contribution < 1.29 is 32.2 Å². The van der Waals surface area contributed by atoms with Crippen LogP contribution in [0.2, 0.25) is 5.02 Å². The number of benzene rings is 1. The van der Waals surface area contributed by atoms with Crippen LogP contribution in [0, 0.1) is 5.82 Å². The SMILES string of the molecule is CN(C(=S)/C=C(\NC=O)C(C)(F)F)c1nc(Oc2ccccc2OCC(=O)S)c(Cl)cc1F. The number of hydrogen-bond acceptors (Lipinski definition) is 6. The van der Waals surface area contributed by atoms with E-state index >= 15 is 0 Å². The third-order valence-electron chi connectivity index (χ3n) is 3.89. The summed E-state index contributed by atoms with van der Waals surface area (Å²) in [6, 6.07) is 7.16. The van der Waals surface area contributed by atoms with Gasteiger partial charge < -0.3 is 19.7 Å². The molecular weight excluding hydrogens is 503 g/mol. The van der Waals surface area contributed by atoms with Gasteiger partial charge in [0.2, 0.25) is 17.4 Å². The maximum atomic E-state index is 14.6. The smallest absolute Gasteiger partial charge is 0.285 e. The molecule has 0 atom stereocenters. The molecule has 0 spiro atoms. The molecule has 2 aromatic rings. The highest BCUT2D eigenvalue weighted by Crippen LogP contribution is 2.36. The zero-order valence-corrected chi connectivity index (χ0v) is 19.6. The number of rotatable bonds is 10. The molecule has 0 aliphatic rings. The number of ether oxygens (including phenoxy) is 2. The van der Waals surface area contributed by atoms with Crippen LogP contribution >= 0.6 is 36.4 Å². The maximum absolute atomic E-state index is 14.6. The molecule has 0 bridgehead atoms. The third kappa shape index (κ3) is 7.34. The Morgan fingerprint density at radius 3 is 2.58 bits per heavy atom. The van der Waals surface area contributed by atoms with E-state index in [2.05, 4.69) is 17.6 Å². The number of carbonyl (C=O) groups excluding carboxylic acids is 2. The molecule has 1 N–H and O–H groups in total. The quantitative estimate of drug-likeness (QED) is 0.206. The Morgan fingerprint density at radius 2 is 2.00 bits per heavy atom. The summed E-state index contributed by atoms with van der Waals surface area (Å²) in [4.78, 5) is 26.4. The Morgan fingerprint density at radius 1 is 1.36 bits per heavy atom. The lowest BCUT2D eigenvalue weighted by Gasteiger charge is -2.21. The van der Waals surface area contributed by atoms with E-state index in [4.69, 9.17) is 33.3 Å². The Bertz CT molecular complexity index is 1100. The zero-order valence-electron chi connectivity index (χ0n) is 17.1. The van der Waals surface area contributed by atoms with Gasteiger partial charge in [-0.1, -0.05) is 36.0 Å². The summed E-state index contributed by atoms with van der Waals surface area (Å²) in [5.41, 5.74) is -0.787. The number of carbonyl (C=O) groups is 2. The van der Waals surface area contributed by atoms with Crippen molar-refractivity contribution >= 4 is 58.8 Å². The largest absolute Gasteiger partial charge is 0.481 e. The topological polar surface area (TPSA) is 80.8 Å². The van der Waals surface area contributed by atoms with Gasteiger partial charge in [-0.3, -0.25) is 9.59 Å².